The molecule has 1 amide bonds. The molecule has 0 bridgehead atoms. The van der Waals surface area contributed by atoms with Gasteiger partial charge < -0.3 is 15.2 Å². The normalized spacial score (nSPS) is 12.8. The summed E-state index contributed by atoms with van der Waals surface area (Å²) < 4.78 is 30.6. The number of fused-ring (bicyclic) bond motifs is 1. The lowest BCUT2D eigenvalue weighted by molar-refractivity contribution is -0.146. The zero-order chi connectivity index (χ0) is 19.3. The van der Waals surface area contributed by atoms with Crippen LogP contribution in [0.1, 0.15) is 0 Å². The second-order valence-electron chi connectivity index (χ2n) is 5.60. The van der Waals surface area contributed by atoms with E-state index in [2.05, 4.69) is 10.1 Å². The minimum atomic E-state index is -3.90. The van der Waals surface area contributed by atoms with E-state index in [4.69, 9.17) is 5.11 Å². The highest BCUT2D eigenvalue weighted by molar-refractivity contribution is 7.89. The van der Waals surface area contributed by atoms with Crippen molar-refractivity contribution in [2.24, 2.45) is 0 Å². The number of aliphatic hydroxyl groups excluding tert-OH is 1. The van der Waals surface area contributed by atoms with Gasteiger partial charge in [0.25, 0.3) is 0 Å². The van der Waals surface area contributed by atoms with Crippen LogP contribution in [0.4, 0.5) is 0 Å². The Morgan fingerprint density at radius 1 is 1.19 bits per heavy atom. The van der Waals surface area contributed by atoms with Gasteiger partial charge in [-0.05, 0) is 22.9 Å². The molecule has 2 rings (SSSR count). The molecule has 0 spiro atoms. The number of carbonyl (C=O) groups is 2. The number of ether oxygens (including phenoxy) is 1. The Hall–Kier alpha value is -2.49. The first kappa shape index (κ1) is 19.8. The molecule has 26 heavy (non-hydrogen) atoms. The van der Waals surface area contributed by atoms with Gasteiger partial charge in [0.2, 0.25) is 15.9 Å². The van der Waals surface area contributed by atoms with Gasteiger partial charge in [-0.15, -0.1) is 0 Å². The van der Waals surface area contributed by atoms with Crippen molar-refractivity contribution in [2.75, 3.05) is 27.3 Å². The predicted octanol–water partition coefficient (Wildman–Crippen LogP) is 0.110. The van der Waals surface area contributed by atoms with Gasteiger partial charge in [0.1, 0.15) is 0 Å². The van der Waals surface area contributed by atoms with E-state index in [1.54, 1.807) is 18.2 Å². The third kappa shape index (κ3) is 4.37. The van der Waals surface area contributed by atoms with Gasteiger partial charge in [0, 0.05) is 7.05 Å². The molecule has 0 radical (unpaired) electrons. The number of nitrogens with zero attached hydrogens (tertiary/aromatic N) is 1. The van der Waals surface area contributed by atoms with E-state index in [1.807, 2.05) is 12.1 Å². The molecule has 1 atom stereocenters. The molecule has 9 heteroatoms. The number of nitrogens with one attached hydrogen (secondary N) is 1. The van der Waals surface area contributed by atoms with E-state index in [0.29, 0.717) is 0 Å². The number of amides is 1. The highest BCUT2D eigenvalue weighted by Gasteiger charge is 2.26. The molecule has 2 N–H and O–H groups in total. The number of esters is 1. The second kappa shape index (κ2) is 8.26. The van der Waals surface area contributed by atoms with E-state index in [0.717, 1.165) is 22.2 Å². The highest BCUT2D eigenvalue weighted by Crippen LogP contribution is 2.21. The maximum Gasteiger partial charge on any atom is 0.330 e. The summed E-state index contributed by atoms with van der Waals surface area (Å²) in [6.07, 6.45) is 0. The third-order valence-corrected chi connectivity index (χ3v) is 5.60. The quantitative estimate of drug-likeness (QED) is 0.659. The molecule has 0 saturated heterocycles. The Balaban J connectivity index is 2.14. The van der Waals surface area contributed by atoms with Gasteiger partial charge >= 0.3 is 5.97 Å². The lowest BCUT2D eigenvalue weighted by atomic mass is 10.1. The number of aliphatic hydroxyl groups is 1. The van der Waals surface area contributed by atoms with Crippen molar-refractivity contribution in [3.63, 3.8) is 0 Å². The number of benzene rings is 2. The molecule has 0 saturated carbocycles. The van der Waals surface area contributed by atoms with Crippen LogP contribution >= 0.6 is 0 Å². The first-order valence-electron chi connectivity index (χ1n) is 7.72. The van der Waals surface area contributed by atoms with Crippen molar-refractivity contribution in [2.45, 2.75) is 10.9 Å². The number of methoxy groups -OCH3 is 1. The number of sulfonamides is 1. The number of hydrogen-bond donors (Lipinski definition) is 2. The summed E-state index contributed by atoms with van der Waals surface area (Å²) in [6, 6.07) is 10.8. The summed E-state index contributed by atoms with van der Waals surface area (Å²) in [6.45, 7) is -1.16. The molecule has 2 aromatic carbocycles. The van der Waals surface area contributed by atoms with Gasteiger partial charge in [-0.3, -0.25) is 4.79 Å². The third-order valence-electron chi connectivity index (χ3n) is 3.80. The lowest BCUT2D eigenvalue weighted by Crippen LogP contribution is -2.48. The summed E-state index contributed by atoms with van der Waals surface area (Å²) >= 11 is 0. The first-order valence-corrected chi connectivity index (χ1v) is 9.16. The maximum absolute atomic E-state index is 12.7. The van der Waals surface area contributed by atoms with Crippen molar-refractivity contribution >= 4 is 32.7 Å². The van der Waals surface area contributed by atoms with Gasteiger partial charge in [0.15, 0.2) is 6.04 Å². The van der Waals surface area contributed by atoms with E-state index in [-0.39, 0.29) is 4.90 Å². The summed E-state index contributed by atoms with van der Waals surface area (Å²) in [4.78, 5) is 23.4. The van der Waals surface area contributed by atoms with Gasteiger partial charge in [-0.25, -0.2) is 13.2 Å². The zero-order valence-electron chi connectivity index (χ0n) is 14.4. The fourth-order valence-electron chi connectivity index (χ4n) is 2.36. The summed E-state index contributed by atoms with van der Waals surface area (Å²) in [7, 11) is -1.52. The maximum atomic E-state index is 12.7. The van der Waals surface area contributed by atoms with Crippen LogP contribution in [0.5, 0.6) is 0 Å². The first-order chi connectivity index (χ1) is 12.3. The van der Waals surface area contributed by atoms with Crippen LogP contribution in [0, 0.1) is 0 Å². The number of rotatable bonds is 7. The molecule has 2 aromatic rings. The SMILES string of the molecule is COC(=O)[C@H](CO)NC(=O)CN(C)S(=O)(=O)c1ccc2ccccc2c1. The molecule has 0 aliphatic carbocycles. The minimum absolute atomic E-state index is 0.0539. The fraction of sp³-hybridized carbons (Fsp3) is 0.294. The Bertz CT molecular complexity index is 912. The van der Waals surface area contributed by atoms with E-state index < -0.39 is 41.1 Å². The van der Waals surface area contributed by atoms with Gasteiger partial charge in [-0.1, -0.05) is 30.3 Å². The van der Waals surface area contributed by atoms with E-state index >= 15 is 0 Å². The van der Waals surface area contributed by atoms with E-state index in [9.17, 15) is 18.0 Å². The van der Waals surface area contributed by atoms with Crippen LogP contribution in [-0.4, -0.2) is 63.1 Å². The Morgan fingerprint density at radius 3 is 2.46 bits per heavy atom. The molecule has 0 aliphatic rings. The summed E-state index contributed by atoms with van der Waals surface area (Å²) in [5.74, 6) is -1.55. The number of hydrogen-bond acceptors (Lipinski definition) is 6. The number of likely N-dealkylation sites (N-methyl/N-ethyl adjacent to an activating group) is 1. The van der Waals surface area contributed by atoms with Crippen molar-refractivity contribution in [3.05, 3.63) is 42.5 Å². The molecule has 0 unspecified atom stereocenters. The van der Waals surface area contributed by atoms with Gasteiger partial charge in [0.05, 0.1) is 25.2 Å². The standard InChI is InChI=1S/C17H20N2O6S/c1-19(10-16(21)18-15(11-20)17(22)25-2)26(23,24)14-8-7-12-5-3-4-6-13(12)9-14/h3-9,15,20H,10-11H2,1-2H3,(H,18,21)/t15-/m0/s1. The predicted molar refractivity (Wildman–Crippen MR) is 94.8 cm³/mol. The van der Waals surface area contributed by atoms with Crippen LogP contribution in [-0.2, 0) is 24.3 Å². The van der Waals surface area contributed by atoms with Crippen LogP contribution in [0.3, 0.4) is 0 Å². The Labute approximate surface area is 151 Å². The highest BCUT2D eigenvalue weighted by atomic mass is 32.2. The molecular formula is C17H20N2O6S. The number of carbonyl (C=O) groups excluding carboxylic acids is 2. The van der Waals surface area contributed by atoms with Crippen molar-refractivity contribution < 1.29 is 27.9 Å². The van der Waals surface area contributed by atoms with E-state index in [1.165, 1.54) is 19.2 Å². The van der Waals surface area contributed by atoms with Crippen LogP contribution < -0.4 is 5.32 Å². The topological polar surface area (TPSA) is 113 Å². The summed E-state index contributed by atoms with van der Waals surface area (Å²) in [5, 5.41) is 13.0. The van der Waals surface area contributed by atoms with Crippen LogP contribution in [0.15, 0.2) is 47.4 Å². The van der Waals surface area contributed by atoms with Crippen molar-refractivity contribution in [1.29, 1.82) is 0 Å². The summed E-state index contributed by atoms with van der Waals surface area (Å²) in [5.41, 5.74) is 0. The molecule has 0 heterocycles. The fourth-order valence-corrected chi connectivity index (χ4v) is 3.52. The monoisotopic (exact) mass is 380 g/mol. The Morgan fingerprint density at radius 2 is 1.85 bits per heavy atom. The largest absolute Gasteiger partial charge is 0.467 e. The molecule has 8 nitrogen and oxygen atoms in total. The lowest BCUT2D eigenvalue weighted by Gasteiger charge is -2.19. The van der Waals surface area contributed by atoms with Gasteiger partial charge in [-0.2, -0.15) is 4.31 Å². The van der Waals surface area contributed by atoms with Crippen molar-refractivity contribution in [1.82, 2.24) is 9.62 Å². The van der Waals surface area contributed by atoms with Crippen LogP contribution in [0.25, 0.3) is 10.8 Å². The smallest absolute Gasteiger partial charge is 0.330 e. The molecular weight excluding hydrogens is 360 g/mol. The molecule has 0 aromatic heterocycles. The second-order valence-corrected chi connectivity index (χ2v) is 7.64. The molecule has 140 valence electrons. The molecule has 0 aliphatic heterocycles. The zero-order valence-corrected chi connectivity index (χ0v) is 15.2. The van der Waals surface area contributed by atoms with Crippen LogP contribution in [0.2, 0.25) is 0 Å². The Kier molecular flexibility index (Phi) is 6.30. The average molecular weight is 380 g/mol. The average Bonchev–Trinajstić information content (AvgIpc) is 2.64. The molecule has 0 fully saturated rings. The minimum Gasteiger partial charge on any atom is -0.467 e. The van der Waals surface area contributed by atoms with Crippen molar-refractivity contribution in [3.8, 4) is 0 Å².